The fourth-order valence-corrected chi connectivity index (χ4v) is 6.03. The summed E-state index contributed by atoms with van der Waals surface area (Å²) in [5.41, 5.74) is 1.67. The van der Waals surface area contributed by atoms with Crippen LogP contribution in [0, 0.1) is 0 Å². The Bertz CT molecular complexity index is 1900. The Labute approximate surface area is 249 Å². The number of carboxylic acids is 1. The number of rotatable bonds is 9. The first kappa shape index (κ1) is 29.1. The molecule has 0 saturated heterocycles. The third kappa shape index (κ3) is 5.55. The lowest BCUT2D eigenvalue weighted by Crippen LogP contribution is -2.40. The zero-order valence-electron chi connectivity index (χ0n) is 23.0. The summed E-state index contributed by atoms with van der Waals surface area (Å²) in [6.07, 6.45) is 2.82. The molecular weight excluding hydrogens is 580 g/mol. The van der Waals surface area contributed by atoms with Gasteiger partial charge in [0.15, 0.2) is 4.80 Å². The first-order valence-electron chi connectivity index (χ1n) is 13.2. The summed E-state index contributed by atoms with van der Waals surface area (Å²) in [6.45, 7) is 3.86. The molecule has 0 amide bonds. The fraction of sp³-hybridized carbons (Fsp3) is 0.226. The Morgan fingerprint density at radius 3 is 2.69 bits per heavy atom. The third-order valence-corrected chi connectivity index (χ3v) is 7.89. The molecule has 0 aliphatic carbocycles. The van der Waals surface area contributed by atoms with E-state index in [1.165, 1.54) is 35.1 Å². The molecular formula is C31H27ClN2O7S. The standard InChI is InChI=1S/C31H27ClN2O7S/c1-4-7-22-26(30(38)40-5-2)27(21-15-19(32)10-12-24(21)39-3)34-28(35)25(42-31(34)33-22)16-20-11-13-23(41-20)17-8-6-9-18(14-17)29(36)37/h6,8-16,27H,4-5,7H2,1-3H3,(H,36,37)/b25-16+/t27-/m0/s1. The van der Waals surface area contributed by atoms with Gasteiger partial charge in [0.2, 0.25) is 0 Å². The van der Waals surface area contributed by atoms with Gasteiger partial charge < -0.3 is 19.0 Å². The average Bonchev–Trinajstić information content (AvgIpc) is 3.57. The van der Waals surface area contributed by atoms with Crippen LogP contribution in [0.15, 0.2) is 80.1 Å². The molecule has 0 bridgehead atoms. The summed E-state index contributed by atoms with van der Waals surface area (Å²) in [4.78, 5) is 43.9. The predicted molar refractivity (Wildman–Crippen MR) is 159 cm³/mol. The molecule has 0 unspecified atom stereocenters. The van der Waals surface area contributed by atoms with Crippen molar-refractivity contribution in [3.63, 3.8) is 0 Å². The number of carbonyl (C=O) groups is 2. The van der Waals surface area contributed by atoms with Gasteiger partial charge in [0, 0.05) is 22.2 Å². The number of ether oxygens (including phenoxy) is 2. The van der Waals surface area contributed by atoms with Gasteiger partial charge in [-0.3, -0.25) is 9.36 Å². The lowest BCUT2D eigenvalue weighted by atomic mass is 9.93. The van der Waals surface area contributed by atoms with Gasteiger partial charge in [0.1, 0.15) is 23.3 Å². The lowest BCUT2D eigenvalue weighted by Gasteiger charge is -2.27. The largest absolute Gasteiger partial charge is 0.496 e. The van der Waals surface area contributed by atoms with Gasteiger partial charge in [0.05, 0.1) is 35.1 Å². The minimum Gasteiger partial charge on any atom is -0.496 e. The van der Waals surface area contributed by atoms with Crippen LogP contribution >= 0.6 is 22.9 Å². The van der Waals surface area contributed by atoms with Crippen LogP contribution in [-0.4, -0.2) is 35.3 Å². The number of aromatic carboxylic acids is 1. The molecule has 2 aromatic heterocycles. The third-order valence-electron chi connectivity index (χ3n) is 6.67. The Balaban J connectivity index is 1.69. The van der Waals surface area contributed by atoms with E-state index in [4.69, 9.17) is 30.5 Å². The topological polar surface area (TPSA) is 120 Å². The Kier molecular flexibility index (Phi) is 8.46. The van der Waals surface area contributed by atoms with Crippen molar-refractivity contribution >= 4 is 41.0 Å². The second-order valence-electron chi connectivity index (χ2n) is 9.39. The Morgan fingerprint density at radius 1 is 1.17 bits per heavy atom. The predicted octanol–water partition coefficient (Wildman–Crippen LogP) is 5.20. The highest BCUT2D eigenvalue weighted by molar-refractivity contribution is 7.07. The molecule has 42 heavy (non-hydrogen) atoms. The number of methoxy groups -OCH3 is 1. The minimum atomic E-state index is -1.04. The van der Waals surface area contributed by atoms with Gasteiger partial charge in [-0.05, 0) is 55.8 Å². The van der Waals surface area contributed by atoms with Gasteiger partial charge >= 0.3 is 11.9 Å². The maximum absolute atomic E-state index is 14.0. The van der Waals surface area contributed by atoms with Gasteiger partial charge in [-0.1, -0.05) is 48.4 Å². The molecule has 4 aromatic rings. The van der Waals surface area contributed by atoms with Crippen LogP contribution in [-0.2, 0) is 9.53 Å². The molecule has 11 heteroatoms. The molecule has 0 spiro atoms. The highest BCUT2D eigenvalue weighted by Crippen LogP contribution is 2.38. The van der Waals surface area contributed by atoms with E-state index < -0.39 is 18.0 Å². The zero-order chi connectivity index (χ0) is 30.0. The van der Waals surface area contributed by atoms with E-state index in [1.54, 1.807) is 55.5 Å². The number of thiazole rings is 1. The molecule has 0 radical (unpaired) electrons. The van der Waals surface area contributed by atoms with E-state index in [-0.39, 0.29) is 23.3 Å². The number of carboxylic acid groups (broad SMARTS) is 1. The van der Waals surface area contributed by atoms with E-state index in [0.29, 0.717) is 61.3 Å². The molecule has 5 rings (SSSR count). The van der Waals surface area contributed by atoms with Crippen LogP contribution in [0.4, 0.5) is 0 Å². The van der Waals surface area contributed by atoms with Crippen molar-refractivity contribution < 1.29 is 28.6 Å². The monoisotopic (exact) mass is 606 g/mol. The number of benzene rings is 2. The number of halogens is 1. The summed E-state index contributed by atoms with van der Waals surface area (Å²) in [6, 6.07) is 14.0. The maximum atomic E-state index is 14.0. The number of nitrogens with zero attached hydrogens (tertiary/aromatic N) is 2. The number of fused-ring (bicyclic) bond motifs is 1. The minimum absolute atomic E-state index is 0.135. The van der Waals surface area contributed by atoms with Crippen LogP contribution in [0.1, 0.15) is 54.4 Å². The van der Waals surface area contributed by atoms with Crippen LogP contribution in [0.5, 0.6) is 5.75 Å². The first-order chi connectivity index (χ1) is 20.2. The molecule has 0 fully saturated rings. The van der Waals surface area contributed by atoms with E-state index in [9.17, 15) is 19.5 Å². The Morgan fingerprint density at radius 2 is 1.98 bits per heavy atom. The van der Waals surface area contributed by atoms with E-state index in [2.05, 4.69) is 0 Å². The first-order valence-corrected chi connectivity index (χ1v) is 14.4. The SMILES string of the molecule is CCCC1=C(C(=O)OCC)[C@H](c2cc(Cl)ccc2OC)n2c(s/c(=C/c3ccc(-c4cccc(C(=O)O)c4)o3)c2=O)=N1. The maximum Gasteiger partial charge on any atom is 0.338 e. The van der Waals surface area contributed by atoms with E-state index in [1.807, 2.05) is 6.92 Å². The van der Waals surface area contributed by atoms with Crippen LogP contribution in [0.3, 0.4) is 0 Å². The van der Waals surface area contributed by atoms with Crippen molar-refractivity contribution in [1.82, 2.24) is 4.57 Å². The van der Waals surface area contributed by atoms with Gasteiger partial charge in [-0.15, -0.1) is 0 Å². The highest BCUT2D eigenvalue weighted by atomic mass is 35.5. The number of carbonyl (C=O) groups excluding carboxylic acids is 1. The smallest absolute Gasteiger partial charge is 0.338 e. The summed E-state index contributed by atoms with van der Waals surface area (Å²) in [5.74, 6) is -0.303. The Hall–Kier alpha value is -4.41. The van der Waals surface area contributed by atoms with Crippen molar-refractivity contribution in [2.24, 2.45) is 4.99 Å². The van der Waals surface area contributed by atoms with E-state index in [0.717, 1.165) is 0 Å². The van der Waals surface area contributed by atoms with Crippen molar-refractivity contribution in [1.29, 1.82) is 0 Å². The summed E-state index contributed by atoms with van der Waals surface area (Å²) in [7, 11) is 1.51. The summed E-state index contributed by atoms with van der Waals surface area (Å²) >= 11 is 7.56. The number of esters is 1. The fourth-order valence-electron chi connectivity index (χ4n) is 4.85. The molecule has 1 N–H and O–H groups in total. The van der Waals surface area contributed by atoms with Crippen LogP contribution < -0.4 is 19.6 Å². The molecule has 216 valence electrons. The quantitative estimate of drug-likeness (QED) is 0.260. The molecule has 0 saturated carbocycles. The van der Waals surface area contributed by atoms with Gasteiger partial charge in [-0.2, -0.15) is 0 Å². The molecule has 1 aliphatic heterocycles. The second-order valence-corrected chi connectivity index (χ2v) is 10.8. The van der Waals surface area contributed by atoms with E-state index >= 15 is 0 Å². The summed E-state index contributed by atoms with van der Waals surface area (Å²) in [5, 5.41) is 9.74. The lowest BCUT2D eigenvalue weighted by molar-refractivity contribution is -0.139. The zero-order valence-corrected chi connectivity index (χ0v) is 24.6. The highest BCUT2D eigenvalue weighted by Gasteiger charge is 2.36. The van der Waals surface area contributed by atoms with Crippen LogP contribution in [0.25, 0.3) is 17.4 Å². The molecule has 9 nitrogen and oxygen atoms in total. The van der Waals surface area contributed by atoms with Crippen LogP contribution in [0.2, 0.25) is 5.02 Å². The number of aromatic nitrogens is 1. The number of allylic oxidation sites excluding steroid dienone is 1. The normalized spacial score (nSPS) is 14.9. The second kappa shape index (κ2) is 12.2. The average molecular weight is 607 g/mol. The van der Waals surface area contributed by atoms with Crippen molar-refractivity contribution in [3.05, 3.63) is 107 Å². The van der Waals surface area contributed by atoms with Crippen molar-refractivity contribution in [2.45, 2.75) is 32.7 Å². The number of furan rings is 1. The molecule has 1 atom stereocenters. The van der Waals surface area contributed by atoms with Crippen molar-refractivity contribution in [2.75, 3.05) is 13.7 Å². The number of hydrogen-bond acceptors (Lipinski definition) is 8. The molecule has 1 aliphatic rings. The molecule has 2 aromatic carbocycles. The summed E-state index contributed by atoms with van der Waals surface area (Å²) < 4.78 is 18.8. The molecule has 3 heterocycles. The van der Waals surface area contributed by atoms with Crippen molar-refractivity contribution in [3.8, 4) is 17.1 Å². The van der Waals surface area contributed by atoms with Gasteiger partial charge in [0.25, 0.3) is 5.56 Å². The number of hydrogen-bond donors (Lipinski definition) is 1. The van der Waals surface area contributed by atoms with Gasteiger partial charge in [-0.25, -0.2) is 14.6 Å².